The summed E-state index contributed by atoms with van der Waals surface area (Å²) in [4.78, 5) is 13.8. The number of aromatic nitrogens is 2. The van der Waals surface area contributed by atoms with E-state index < -0.39 is 10.0 Å². The maximum atomic E-state index is 13.2. The second-order valence-corrected chi connectivity index (χ2v) is 9.90. The van der Waals surface area contributed by atoms with Crippen LogP contribution in [-0.4, -0.2) is 75.2 Å². The SMILES string of the molecule is O=S(=O)(c1ccc2c(c1)OCCO2)N1CCN(c2ccnc(N3CCCCC3)n2)CC1. The van der Waals surface area contributed by atoms with Crippen LogP contribution in [0.4, 0.5) is 11.8 Å². The average Bonchev–Trinajstić information content (AvgIpc) is 2.84. The molecule has 3 aliphatic heterocycles. The van der Waals surface area contributed by atoms with E-state index in [-0.39, 0.29) is 4.90 Å². The van der Waals surface area contributed by atoms with Gasteiger partial charge in [0.1, 0.15) is 19.0 Å². The second-order valence-electron chi connectivity index (χ2n) is 7.96. The van der Waals surface area contributed by atoms with Crippen molar-refractivity contribution in [3.05, 3.63) is 30.5 Å². The Hall–Kier alpha value is -2.59. The zero-order valence-corrected chi connectivity index (χ0v) is 18.3. The number of hydrogen-bond donors (Lipinski definition) is 0. The highest BCUT2D eigenvalue weighted by Gasteiger charge is 2.30. The van der Waals surface area contributed by atoms with E-state index in [1.54, 1.807) is 24.4 Å². The number of anilines is 2. The van der Waals surface area contributed by atoms with Crippen molar-refractivity contribution in [2.45, 2.75) is 24.2 Å². The summed E-state index contributed by atoms with van der Waals surface area (Å²) < 4.78 is 38.9. The highest BCUT2D eigenvalue weighted by molar-refractivity contribution is 7.89. The first-order valence-corrected chi connectivity index (χ1v) is 12.3. The number of sulfonamides is 1. The van der Waals surface area contributed by atoms with Crippen LogP contribution in [0.25, 0.3) is 0 Å². The van der Waals surface area contributed by atoms with Crippen molar-refractivity contribution in [3.8, 4) is 11.5 Å². The number of piperidine rings is 1. The summed E-state index contributed by atoms with van der Waals surface area (Å²) >= 11 is 0. The zero-order valence-electron chi connectivity index (χ0n) is 17.4. The number of rotatable bonds is 4. The minimum Gasteiger partial charge on any atom is -0.486 e. The molecule has 1 aromatic carbocycles. The Morgan fingerprint density at radius 3 is 2.32 bits per heavy atom. The van der Waals surface area contributed by atoms with E-state index in [0.29, 0.717) is 50.9 Å². The first-order chi connectivity index (χ1) is 15.1. The fraction of sp³-hybridized carbons (Fsp3) is 0.524. The lowest BCUT2D eigenvalue weighted by molar-refractivity contribution is 0.171. The van der Waals surface area contributed by atoms with Crippen LogP contribution < -0.4 is 19.3 Å². The Balaban J connectivity index is 1.27. The molecule has 4 heterocycles. The van der Waals surface area contributed by atoms with E-state index in [1.807, 2.05) is 6.07 Å². The molecule has 0 bridgehead atoms. The molecule has 31 heavy (non-hydrogen) atoms. The van der Waals surface area contributed by atoms with Crippen LogP contribution in [0.15, 0.2) is 35.4 Å². The van der Waals surface area contributed by atoms with E-state index in [2.05, 4.69) is 14.8 Å². The molecule has 1 aromatic heterocycles. The van der Waals surface area contributed by atoms with Gasteiger partial charge in [-0.15, -0.1) is 0 Å². The second kappa shape index (κ2) is 8.51. The van der Waals surface area contributed by atoms with Crippen LogP contribution in [0.3, 0.4) is 0 Å². The van der Waals surface area contributed by atoms with Gasteiger partial charge in [-0.2, -0.15) is 9.29 Å². The summed E-state index contributed by atoms with van der Waals surface area (Å²) in [6, 6.07) is 6.72. The number of nitrogens with zero attached hydrogens (tertiary/aromatic N) is 5. The summed E-state index contributed by atoms with van der Waals surface area (Å²) in [5, 5.41) is 0. The van der Waals surface area contributed by atoms with Gasteiger partial charge in [0.15, 0.2) is 11.5 Å². The highest BCUT2D eigenvalue weighted by Crippen LogP contribution is 2.33. The van der Waals surface area contributed by atoms with E-state index in [4.69, 9.17) is 14.5 Å². The van der Waals surface area contributed by atoms with Crippen molar-refractivity contribution in [3.63, 3.8) is 0 Å². The van der Waals surface area contributed by atoms with Gasteiger partial charge in [-0.1, -0.05) is 0 Å². The molecule has 0 atom stereocenters. The molecule has 2 saturated heterocycles. The summed E-state index contributed by atoms with van der Waals surface area (Å²) in [6.07, 6.45) is 5.40. The van der Waals surface area contributed by atoms with Crippen LogP contribution in [0.5, 0.6) is 11.5 Å². The molecule has 9 nitrogen and oxygen atoms in total. The zero-order chi connectivity index (χ0) is 21.3. The molecule has 0 amide bonds. The van der Waals surface area contributed by atoms with Crippen LogP contribution in [-0.2, 0) is 10.0 Å². The molecular weight excluding hydrogens is 418 g/mol. The van der Waals surface area contributed by atoms with Crippen molar-refractivity contribution in [2.24, 2.45) is 0 Å². The number of ether oxygens (including phenoxy) is 2. The van der Waals surface area contributed by atoms with E-state index in [9.17, 15) is 8.42 Å². The Kier molecular flexibility index (Phi) is 5.58. The molecular formula is C21H27N5O4S. The minimum absolute atomic E-state index is 0.236. The molecule has 2 fully saturated rings. The Morgan fingerprint density at radius 2 is 1.55 bits per heavy atom. The quantitative estimate of drug-likeness (QED) is 0.703. The van der Waals surface area contributed by atoms with Gasteiger partial charge in [0.2, 0.25) is 16.0 Å². The molecule has 0 spiro atoms. The van der Waals surface area contributed by atoms with Gasteiger partial charge >= 0.3 is 0 Å². The number of hydrogen-bond acceptors (Lipinski definition) is 8. The Morgan fingerprint density at radius 1 is 0.806 bits per heavy atom. The Bertz CT molecular complexity index is 1030. The molecule has 3 aliphatic rings. The molecule has 0 radical (unpaired) electrons. The van der Waals surface area contributed by atoms with Gasteiger partial charge in [0, 0.05) is 51.5 Å². The van der Waals surface area contributed by atoms with Crippen LogP contribution in [0.2, 0.25) is 0 Å². The lowest BCUT2D eigenvalue weighted by atomic mass is 10.1. The maximum Gasteiger partial charge on any atom is 0.243 e. The lowest BCUT2D eigenvalue weighted by Gasteiger charge is -2.35. The smallest absolute Gasteiger partial charge is 0.243 e. The van der Waals surface area contributed by atoms with Gasteiger partial charge in [0.25, 0.3) is 0 Å². The fourth-order valence-corrected chi connectivity index (χ4v) is 5.69. The van der Waals surface area contributed by atoms with Crippen LogP contribution >= 0.6 is 0 Å². The topological polar surface area (TPSA) is 88.1 Å². The van der Waals surface area contributed by atoms with Crippen molar-refractivity contribution >= 4 is 21.8 Å². The fourth-order valence-electron chi connectivity index (χ4n) is 4.25. The summed E-state index contributed by atoms with van der Waals surface area (Å²) in [7, 11) is -3.60. The first-order valence-electron chi connectivity index (χ1n) is 10.8. The monoisotopic (exact) mass is 445 g/mol. The largest absolute Gasteiger partial charge is 0.486 e. The number of benzene rings is 1. The predicted octanol–water partition coefficient (Wildman–Crippen LogP) is 1.75. The van der Waals surface area contributed by atoms with Crippen LogP contribution in [0, 0.1) is 0 Å². The third kappa shape index (κ3) is 4.14. The van der Waals surface area contributed by atoms with Crippen molar-refractivity contribution in [1.29, 1.82) is 0 Å². The number of fused-ring (bicyclic) bond motifs is 1. The minimum atomic E-state index is -3.60. The molecule has 0 saturated carbocycles. The maximum absolute atomic E-state index is 13.2. The van der Waals surface area contributed by atoms with E-state index in [0.717, 1.165) is 24.9 Å². The molecule has 0 aliphatic carbocycles. The van der Waals surface area contributed by atoms with Gasteiger partial charge in [-0.05, 0) is 37.5 Å². The third-order valence-corrected chi connectivity index (χ3v) is 7.88. The van der Waals surface area contributed by atoms with Crippen molar-refractivity contribution in [2.75, 3.05) is 62.3 Å². The van der Waals surface area contributed by atoms with E-state index in [1.165, 1.54) is 23.6 Å². The molecule has 2 aromatic rings. The summed E-state index contributed by atoms with van der Waals surface area (Å²) in [5.74, 6) is 2.69. The third-order valence-electron chi connectivity index (χ3n) is 5.98. The normalized spacial score (nSPS) is 20.0. The lowest BCUT2D eigenvalue weighted by Crippen LogP contribution is -2.49. The average molecular weight is 446 g/mol. The van der Waals surface area contributed by atoms with Crippen molar-refractivity contribution in [1.82, 2.24) is 14.3 Å². The van der Waals surface area contributed by atoms with Gasteiger partial charge in [-0.25, -0.2) is 13.4 Å². The van der Waals surface area contributed by atoms with Crippen molar-refractivity contribution < 1.29 is 17.9 Å². The van der Waals surface area contributed by atoms with Crippen LogP contribution in [0.1, 0.15) is 19.3 Å². The standard InChI is InChI=1S/C21H27N5O4S/c27-31(28,17-4-5-18-19(16-17)30-15-14-29-18)26-12-10-24(11-13-26)20-6-7-22-21(23-20)25-8-2-1-3-9-25/h4-7,16H,1-3,8-15H2. The summed E-state index contributed by atoms with van der Waals surface area (Å²) in [6.45, 7) is 4.85. The van der Waals surface area contributed by atoms with Gasteiger partial charge < -0.3 is 19.3 Å². The Labute approximate surface area is 182 Å². The molecule has 166 valence electrons. The molecule has 0 N–H and O–H groups in total. The van der Waals surface area contributed by atoms with E-state index >= 15 is 0 Å². The highest BCUT2D eigenvalue weighted by atomic mass is 32.2. The number of piperazine rings is 1. The molecule has 0 unspecified atom stereocenters. The van der Waals surface area contributed by atoms with Gasteiger partial charge in [0.05, 0.1) is 4.90 Å². The summed E-state index contributed by atoms with van der Waals surface area (Å²) in [5.41, 5.74) is 0. The first kappa shape index (κ1) is 20.3. The van der Waals surface area contributed by atoms with Gasteiger partial charge in [-0.3, -0.25) is 0 Å². The molecule has 5 rings (SSSR count). The predicted molar refractivity (Wildman–Crippen MR) is 116 cm³/mol. The molecule has 10 heteroatoms.